The van der Waals surface area contributed by atoms with Crippen LogP contribution in [-0.2, 0) is 6.42 Å². The van der Waals surface area contributed by atoms with Gasteiger partial charge in [0.05, 0.1) is 0 Å². The largest absolute Gasteiger partial charge is 0.456 e. The third kappa shape index (κ3) is 4.89. The van der Waals surface area contributed by atoms with Gasteiger partial charge in [-0.3, -0.25) is 4.79 Å². The lowest BCUT2D eigenvalue weighted by Crippen LogP contribution is -2.33. The van der Waals surface area contributed by atoms with E-state index < -0.39 is 0 Å². The Bertz CT molecular complexity index is 1220. The van der Waals surface area contributed by atoms with Crippen LogP contribution in [0, 0.1) is 0 Å². The normalized spacial score (nSPS) is 15.3. The number of ether oxygens (including phenoxy) is 1. The molecule has 2 aliphatic heterocycles. The van der Waals surface area contributed by atoms with Crippen LogP contribution in [0.1, 0.15) is 53.7 Å². The van der Waals surface area contributed by atoms with E-state index in [1.165, 1.54) is 16.7 Å². The number of carbonyl (C=O) groups excluding carboxylic acids is 1. The van der Waals surface area contributed by atoms with Crippen molar-refractivity contribution in [1.29, 1.82) is 0 Å². The van der Waals surface area contributed by atoms with Crippen LogP contribution in [0.4, 0.5) is 0 Å². The minimum atomic E-state index is 0.0567. The molecule has 5 rings (SSSR count). The summed E-state index contributed by atoms with van der Waals surface area (Å²) in [5.41, 5.74) is 7.14. The van der Waals surface area contributed by atoms with E-state index in [-0.39, 0.29) is 5.91 Å². The molecule has 4 heteroatoms. The topological polar surface area (TPSA) is 32.8 Å². The van der Waals surface area contributed by atoms with Crippen LogP contribution in [0.5, 0.6) is 11.5 Å². The standard InChI is InChI=1S/C31H34N2O2/c1-3-33(4-2)31(34)25-14-15-27-29(22-25)35-28-13-9-8-12-26(28)30(27)24-17-20-32(21-18-24)19-16-23-10-6-5-7-11-23/h5-15,22H,3-4,16-21H2,1-2H3. The maximum Gasteiger partial charge on any atom is 0.253 e. The molecule has 0 bridgehead atoms. The van der Waals surface area contributed by atoms with Crippen LogP contribution in [0.15, 0.2) is 78.4 Å². The van der Waals surface area contributed by atoms with Gasteiger partial charge in [-0.25, -0.2) is 0 Å². The van der Waals surface area contributed by atoms with E-state index in [0.717, 1.165) is 61.5 Å². The second-order valence-corrected chi connectivity index (χ2v) is 9.34. The number of likely N-dealkylation sites (tertiary alicyclic amines) is 1. The van der Waals surface area contributed by atoms with Gasteiger partial charge in [0.2, 0.25) is 0 Å². The molecule has 0 radical (unpaired) electrons. The fourth-order valence-electron chi connectivity index (χ4n) is 5.27. The monoisotopic (exact) mass is 466 g/mol. The van der Waals surface area contributed by atoms with Crippen molar-refractivity contribution >= 4 is 11.5 Å². The summed E-state index contributed by atoms with van der Waals surface area (Å²) < 4.78 is 6.33. The van der Waals surface area contributed by atoms with Crippen LogP contribution in [0.3, 0.4) is 0 Å². The molecule has 0 N–H and O–H groups in total. The van der Waals surface area contributed by atoms with Crippen LogP contribution in [0.2, 0.25) is 0 Å². The predicted octanol–water partition coefficient (Wildman–Crippen LogP) is 6.41. The lowest BCUT2D eigenvalue weighted by atomic mass is 9.85. The zero-order chi connectivity index (χ0) is 24.2. The lowest BCUT2D eigenvalue weighted by molar-refractivity contribution is 0.0772. The van der Waals surface area contributed by atoms with E-state index in [2.05, 4.69) is 53.4 Å². The number of carbonyl (C=O) groups is 1. The number of fused-ring (bicyclic) bond motifs is 2. The molecule has 0 spiro atoms. The molecule has 0 aromatic heterocycles. The maximum absolute atomic E-state index is 13.0. The molecule has 180 valence electrons. The van der Waals surface area contributed by atoms with Crippen molar-refractivity contribution in [2.75, 3.05) is 32.7 Å². The first-order chi connectivity index (χ1) is 17.2. The van der Waals surface area contributed by atoms with Crippen molar-refractivity contribution in [3.63, 3.8) is 0 Å². The summed E-state index contributed by atoms with van der Waals surface area (Å²) in [4.78, 5) is 17.4. The third-order valence-corrected chi connectivity index (χ3v) is 7.30. The molecule has 3 aromatic carbocycles. The number of hydrogen-bond acceptors (Lipinski definition) is 3. The number of piperidine rings is 1. The molecular formula is C31H34N2O2. The molecule has 1 saturated heterocycles. The average Bonchev–Trinajstić information content (AvgIpc) is 2.92. The van der Waals surface area contributed by atoms with Crippen LogP contribution in [0.25, 0.3) is 5.57 Å². The fraction of sp³-hybridized carbons (Fsp3) is 0.323. The SMILES string of the molecule is CCN(CC)C(=O)c1ccc2c(c1)Oc1ccccc1C2=C1CCN(CCc2ccccc2)CC1. The highest BCUT2D eigenvalue weighted by Gasteiger charge is 2.27. The molecule has 0 unspecified atom stereocenters. The Morgan fingerprint density at radius 1 is 0.857 bits per heavy atom. The van der Waals surface area contributed by atoms with Crippen LogP contribution >= 0.6 is 0 Å². The average molecular weight is 467 g/mol. The summed E-state index contributed by atoms with van der Waals surface area (Å²) in [5, 5.41) is 0. The van der Waals surface area contributed by atoms with Crippen LogP contribution < -0.4 is 4.74 Å². The van der Waals surface area contributed by atoms with E-state index in [1.54, 1.807) is 0 Å². The molecule has 3 aromatic rings. The second kappa shape index (κ2) is 10.5. The second-order valence-electron chi connectivity index (χ2n) is 9.34. The number of rotatable bonds is 6. The number of hydrogen-bond donors (Lipinski definition) is 0. The molecule has 1 fully saturated rings. The number of benzene rings is 3. The Balaban J connectivity index is 1.41. The van der Waals surface area contributed by atoms with Gasteiger partial charge in [-0.15, -0.1) is 0 Å². The summed E-state index contributed by atoms with van der Waals surface area (Å²) in [6.07, 6.45) is 3.20. The summed E-state index contributed by atoms with van der Waals surface area (Å²) in [5.74, 6) is 1.72. The van der Waals surface area contributed by atoms with Gasteiger partial charge in [-0.05, 0) is 68.5 Å². The van der Waals surface area contributed by atoms with Gasteiger partial charge in [-0.2, -0.15) is 0 Å². The van der Waals surface area contributed by atoms with E-state index in [9.17, 15) is 4.79 Å². The van der Waals surface area contributed by atoms with Gasteiger partial charge in [0, 0.05) is 49.4 Å². The summed E-state index contributed by atoms with van der Waals surface area (Å²) in [7, 11) is 0. The molecule has 2 heterocycles. The zero-order valence-electron chi connectivity index (χ0n) is 20.8. The first-order valence-electron chi connectivity index (χ1n) is 12.9. The van der Waals surface area contributed by atoms with E-state index in [4.69, 9.17) is 4.74 Å². The first kappa shape index (κ1) is 23.4. The number of para-hydroxylation sites is 1. The van der Waals surface area contributed by atoms with E-state index >= 15 is 0 Å². The molecule has 0 aliphatic carbocycles. The van der Waals surface area contributed by atoms with Gasteiger partial charge < -0.3 is 14.5 Å². The highest BCUT2D eigenvalue weighted by atomic mass is 16.5. The van der Waals surface area contributed by atoms with Crippen molar-refractivity contribution < 1.29 is 9.53 Å². The van der Waals surface area contributed by atoms with Crippen molar-refractivity contribution in [1.82, 2.24) is 9.80 Å². The minimum Gasteiger partial charge on any atom is -0.456 e. The first-order valence-corrected chi connectivity index (χ1v) is 12.9. The highest BCUT2D eigenvalue weighted by Crippen LogP contribution is 2.46. The predicted molar refractivity (Wildman–Crippen MR) is 142 cm³/mol. The fourth-order valence-corrected chi connectivity index (χ4v) is 5.27. The summed E-state index contributed by atoms with van der Waals surface area (Å²) >= 11 is 0. The minimum absolute atomic E-state index is 0.0567. The maximum atomic E-state index is 13.0. The van der Waals surface area contributed by atoms with Crippen molar-refractivity contribution in [3.8, 4) is 11.5 Å². The Labute approximate surface area is 208 Å². The smallest absolute Gasteiger partial charge is 0.253 e. The summed E-state index contributed by atoms with van der Waals surface area (Å²) in [6.45, 7) is 8.67. The van der Waals surface area contributed by atoms with Gasteiger partial charge >= 0.3 is 0 Å². The quantitative estimate of drug-likeness (QED) is 0.329. The zero-order valence-corrected chi connectivity index (χ0v) is 20.8. The molecule has 0 saturated carbocycles. The third-order valence-electron chi connectivity index (χ3n) is 7.30. The van der Waals surface area contributed by atoms with Gasteiger partial charge in [-0.1, -0.05) is 54.1 Å². The van der Waals surface area contributed by atoms with E-state index in [1.807, 2.05) is 43.0 Å². The van der Waals surface area contributed by atoms with E-state index in [0.29, 0.717) is 18.7 Å². The molecule has 2 aliphatic rings. The molecule has 4 nitrogen and oxygen atoms in total. The van der Waals surface area contributed by atoms with Gasteiger partial charge in [0.25, 0.3) is 5.91 Å². The summed E-state index contributed by atoms with van der Waals surface area (Å²) in [6, 6.07) is 25.0. The van der Waals surface area contributed by atoms with Crippen LogP contribution in [-0.4, -0.2) is 48.4 Å². The van der Waals surface area contributed by atoms with Crippen molar-refractivity contribution in [2.24, 2.45) is 0 Å². The Hall–Kier alpha value is -3.37. The Morgan fingerprint density at radius 3 is 2.29 bits per heavy atom. The molecule has 0 atom stereocenters. The van der Waals surface area contributed by atoms with Gasteiger partial charge in [0.15, 0.2) is 0 Å². The van der Waals surface area contributed by atoms with Gasteiger partial charge in [0.1, 0.15) is 11.5 Å². The van der Waals surface area contributed by atoms with Crippen molar-refractivity contribution in [3.05, 3.63) is 101 Å². The van der Waals surface area contributed by atoms with Crippen molar-refractivity contribution in [2.45, 2.75) is 33.1 Å². The highest BCUT2D eigenvalue weighted by molar-refractivity contribution is 5.97. The number of nitrogens with zero attached hydrogens (tertiary/aromatic N) is 2. The number of amides is 1. The Kier molecular flexibility index (Phi) is 7.01. The molecule has 35 heavy (non-hydrogen) atoms. The lowest BCUT2D eigenvalue weighted by Gasteiger charge is -2.32. The Morgan fingerprint density at radius 2 is 1.54 bits per heavy atom. The molecule has 1 amide bonds. The molecular weight excluding hydrogens is 432 g/mol.